The number of nitrogens with one attached hydrogen (secondary N) is 1. The van der Waals surface area contributed by atoms with Gasteiger partial charge in [-0.1, -0.05) is 36.4 Å². The normalized spacial score (nSPS) is 14.1. The molecule has 2 atom stereocenters. The highest BCUT2D eigenvalue weighted by atomic mass is 31.2. The van der Waals surface area contributed by atoms with Gasteiger partial charge in [0, 0.05) is 36.3 Å². The Balaban J connectivity index is 2.13. The van der Waals surface area contributed by atoms with Crippen LogP contribution in [0.5, 0.6) is 0 Å². The second kappa shape index (κ2) is 9.25. The molecule has 6 heteroatoms. The molecule has 0 bridgehead atoms. The highest BCUT2D eigenvalue weighted by Gasteiger charge is 2.39. The van der Waals surface area contributed by atoms with Crippen LogP contribution in [0, 0.1) is 5.82 Å². The van der Waals surface area contributed by atoms with Crippen LogP contribution in [0.1, 0.15) is 18.3 Å². The maximum Gasteiger partial charge on any atom is 0.258 e. The average molecular weight is 412 g/mol. The maximum absolute atomic E-state index is 14.8. The van der Waals surface area contributed by atoms with E-state index >= 15 is 0 Å². The van der Waals surface area contributed by atoms with Gasteiger partial charge in [0.25, 0.3) is 7.37 Å². The molecule has 0 aliphatic heterocycles. The van der Waals surface area contributed by atoms with Crippen LogP contribution in [0.15, 0.2) is 78.9 Å². The number of hydrogen-bond acceptors (Lipinski definition) is 4. The molecule has 4 nitrogen and oxygen atoms in total. The minimum atomic E-state index is -3.52. The van der Waals surface area contributed by atoms with Gasteiger partial charge < -0.3 is 14.7 Å². The molecule has 0 aliphatic carbocycles. The Morgan fingerprint density at radius 3 is 2.17 bits per heavy atom. The predicted octanol–water partition coefficient (Wildman–Crippen LogP) is 5.64. The fourth-order valence-corrected chi connectivity index (χ4v) is 5.62. The largest absolute Gasteiger partial charge is 0.378 e. The van der Waals surface area contributed by atoms with Crippen molar-refractivity contribution in [1.29, 1.82) is 0 Å². The van der Waals surface area contributed by atoms with E-state index in [-0.39, 0.29) is 6.61 Å². The van der Waals surface area contributed by atoms with Gasteiger partial charge in [-0.3, -0.25) is 4.57 Å². The smallest absolute Gasteiger partial charge is 0.258 e. The van der Waals surface area contributed by atoms with Gasteiger partial charge in [0.15, 0.2) is 0 Å². The molecule has 0 radical (unpaired) electrons. The first-order valence-electron chi connectivity index (χ1n) is 9.54. The molecule has 1 N–H and O–H groups in total. The summed E-state index contributed by atoms with van der Waals surface area (Å²) in [6.07, 6.45) is 0. The zero-order valence-corrected chi connectivity index (χ0v) is 17.8. The summed E-state index contributed by atoms with van der Waals surface area (Å²) in [7, 11) is 0.366. The van der Waals surface area contributed by atoms with E-state index in [1.165, 1.54) is 6.07 Å². The van der Waals surface area contributed by atoms with Crippen molar-refractivity contribution < 1.29 is 13.5 Å². The monoisotopic (exact) mass is 412 g/mol. The quantitative estimate of drug-likeness (QED) is 0.486. The number of para-hydroxylation sites is 1. The van der Waals surface area contributed by atoms with Crippen molar-refractivity contribution >= 4 is 24.0 Å². The molecule has 0 saturated heterocycles. The molecular weight excluding hydrogens is 386 g/mol. The van der Waals surface area contributed by atoms with Gasteiger partial charge in [0.2, 0.25) is 0 Å². The number of benzene rings is 3. The van der Waals surface area contributed by atoms with Gasteiger partial charge in [0.1, 0.15) is 11.6 Å². The first-order chi connectivity index (χ1) is 14.0. The topological polar surface area (TPSA) is 41.6 Å². The molecule has 0 saturated carbocycles. The Kier molecular flexibility index (Phi) is 6.73. The van der Waals surface area contributed by atoms with Crippen molar-refractivity contribution in [3.8, 4) is 0 Å². The van der Waals surface area contributed by atoms with Crippen molar-refractivity contribution in [2.75, 3.05) is 30.9 Å². The third kappa shape index (κ3) is 4.69. The van der Waals surface area contributed by atoms with Crippen LogP contribution in [0.3, 0.4) is 0 Å². The summed E-state index contributed by atoms with van der Waals surface area (Å²) in [5.74, 6) is -1.29. The van der Waals surface area contributed by atoms with Crippen molar-refractivity contribution in [1.82, 2.24) is 0 Å². The van der Waals surface area contributed by atoms with Crippen LogP contribution in [0.25, 0.3) is 0 Å². The molecule has 0 unspecified atom stereocenters. The van der Waals surface area contributed by atoms with E-state index in [9.17, 15) is 8.96 Å². The van der Waals surface area contributed by atoms with Crippen molar-refractivity contribution in [2.24, 2.45) is 0 Å². The summed E-state index contributed by atoms with van der Waals surface area (Å²) in [5, 5.41) is 3.80. The summed E-state index contributed by atoms with van der Waals surface area (Å²) < 4.78 is 34.9. The van der Waals surface area contributed by atoms with Crippen LogP contribution < -0.4 is 15.5 Å². The van der Waals surface area contributed by atoms with Crippen LogP contribution in [0.4, 0.5) is 15.8 Å². The van der Waals surface area contributed by atoms with Gasteiger partial charge >= 0.3 is 0 Å². The highest BCUT2D eigenvalue weighted by molar-refractivity contribution is 7.67. The van der Waals surface area contributed by atoms with E-state index in [0.717, 1.165) is 11.4 Å². The number of anilines is 2. The first kappa shape index (κ1) is 21.1. The van der Waals surface area contributed by atoms with Gasteiger partial charge in [-0.2, -0.15) is 0 Å². The number of hydrogen-bond donors (Lipinski definition) is 1. The standard InChI is InChI=1S/C23H26FN2O2P/c1-4-28-29(27,20-16-14-19(15-17-20)26(2)3)23(21-12-8-9-13-22(21)24)25-18-10-6-5-7-11-18/h5-17,23,25H,4H2,1-3H3/t23-,29+/m0/s1. The summed E-state index contributed by atoms with van der Waals surface area (Å²) in [5.41, 5.74) is 2.03. The summed E-state index contributed by atoms with van der Waals surface area (Å²) >= 11 is 0. The third-order valence-corrected chi connectivity index (χ3v) is 7.41. The fourth-order valence-electron chi connectivity index (χ4n) is 3.18. The van der Waals surface area contributed by atoms with E-state index in [1.807, 2.05) is 61.5 Å². The van der Waals surface area contributed by atoms with Crippen molar-refractivity contribution in [3.05, 3.63) is 90.2 Å². The number of nitrogens with zero attached hydrogens (tertiary/aromatic N) is 1. The molecule has 3 aromatic rings. The molecule has 3 aromatic carbocycles. The van der Waals surface area contributed by atoms with E-state index in [2.05, 4.69) is 5.32 Å². The summed E-state index contributed by atoms with van der Waals surface area (Å²) in [4.78, 5) is 1.96. The lowest BCUT2D eigenvalue weighted by molar-refractivity contribution is 0.335. The molecule has 0 fully saturated rings. The first-order valence-corrected chi connectivity index (χ1v) is 11.2. The van der Waals surface area contributed by atoms with E-state index in [0.29, 0.717) is 10.9 Å². The SMILES string of the molecule is CCO[P@](=O)(c1ccc(N(C)C)cc1)[C@H](Nc1ccccc1)c1ccccc1F. The Morgan fingerprint density at radius 1 is 0.966 bits per heavy atom. The lowest BCUT2D eigenvalue weighted by atomic mass is 10.2. The third-order valence-electron chi connectivity index (χ3n) is 4.66. The van der Waals surface area contributed by atoms with Crippen LogP contribution in [0.2, 0.25) is 0 Å². The zero-order valence-electron chi connectivity index (χ0n) is 16.9. The minimum absolute atomic E-state index is 0.244. The predicted molar refractivity (Wildman–Crippen MR) is 119 cm³/mol. The summed E-state index contributed by atoms with van der Waals surface area (Å²) in [6.45, 7) is 2.04. The molecule has 0 aliphatic rings. The molecule has 29 heavy (non-hydrogen) atoms. The molecule has 3 rings (SSSR count). The van der Waals surface area contributed by atoms with Gasteiger partial charge in [-0.25, -0.2) is 4.39 Å². The molecule has 0 heterocycles. The fraction of sp³-hybridized carbons (Fsp3) is 0.217. The Labute approximate surface area is 171 Å². The zero-order chi connectivity index (χ0) is 20.9. The van der Waals surface area contributed by atoms with Crippen molar-refractivity contribution in [2.45, 2.75) is 12.7 Å². The lowest BCUT2D eigenvalue weighted by Gasteiger charge is -2.30. The molecule has 0 spiro atoms. The number of rotatable bonds is 8. The van der Waals surface area contributed by atoms with Crippen LogP contribution in [-0.4, -0.2) is 20.7 Å². The lowest BCUT2D eigenvalue weighted by Crippen LogP contribution is -2.22. The van der Waals surface area contributed by atoms with Gasteiger partial charge in [-0.15, -0.1) is 0 Å². The Hall–Kier alpha value is -2.62. The molecule has 0 amide bonds. The summed E-state index contributed by atoms with van der Waals surface area (Å²) in [6, 6.07) is 23.1. The van der Waals surface area contributed by atoms with E-state index in [4.69, 9.17) is 4.52 Å². The van der Waals surface area contributed by atoms with Gasteiger partial charge in [0.05, 0.1) is 6.61 Å². The molecule has 0 aromatic heterocycles. The molecular formula is C23H26FN2O2P. The minimum Gasteiger partial charge on any atom is -0.378 e. The van der Waals surface area contributed by atoms with Crippen LogP contribution >= 0.6 is 7.37 Å². The Morgan fingerprint density at radius 2 is 1.59 bits per heavy atom. The average Bonchev–Trinajstić information content (AvgIpc) is 2.73. The van der Waals surface area contributed by atoms with Crippen molar-refractivity contribution in [3.63, 3.8) is 0 Å². The second-order valence-electron chi connectivity index (χ2n) is 6.86. The highest BCUT2D eigenvalue weighted by Crippen LogP contribution is 2.59. The Bertz CT molecular complexity index is 978. The maximum atomic E-state index is 14.8. The van der Waals surface area contributed by atoms with Gasteiger partial charge in [-0.05, 0) is 49.4 Å². The molecule has 152 valence electrons. The number of halogens is 1. The van der Waals surface area contributed by atoms with Crippen LogP contribution in [-0.2, 0) is 9.09 Å². The van der Waals surface area contributed by atoms with E-state index < -0.39 is 19.0 Å². The second-order valence-corrected chi connectivity index (χ2v) is 9.35. The van der Waals surface area contributed by atoms with E-state index in [1.54, 1.807) is 37.3 Å².